The van der Waals surface area contributed by atoms with Crippen LogP contribution in [-0.2, 0) is 19.0 Å². The molecule has 0 unspecified atom stereocenters. The van der Waals surface area contributed by atoms with Crippen molar-refractivity contribution >= 4 is 5.97 Å². The lowest BCUT2D eigenvalue weighted by molar-refractivity contribution is -0.191. The predicted octanol–water partition coefficient (Wildman–Crippen LogP) is 1.88. The zero-order chi connectivity index (χ0) is 15.6. The van der Waals surface area contributed by atoms with Crippen molar-refractivity contribution in [3.8, 4) is 0 Å². The van der Waals surface area contributed by atoms with Gasteiger partial charge in [0.2, 0.25) is 0 Å². The number of likely N-dealkylation sites (tertiary alicyclic amines) is 1. The summed E-state index contributed by atoms with van der Waals surface area (Å²) in [4.78, 5) is 14.2. The van der Waals surface area contributed by atoms with Gasteiger partial charge in [-0.3, -0.25) is 4.90 Å². The highest BCUT2D eigenvalue weighted by atomic mass is 19.1. The quantitative estimate of drug-likeness (QED) is 0.798. The van der Waals surface area contributed by atoms with Crippen LogP contribution in [0, 0.1) is 5.82 Å². The van der Waals surface area contributed by atoms with Crippen molar-refractivity contribution in [1.29, 1.82) is 0 Å². The standard InChI is InChI=1S/C16H20FNO4/c1-20-15(19)14(12-2-4-13(17)5-3-12)18-8-6-16(7-9-18)21-10-11-22-16/h2-5,14H,6-11H2,1H3/t14-/m0/s1. The van der Waals surface area contributed by atoms with Gasteiger partial charge in [-0.25, -0.2) is 9.18 Å². The molecule has 1 aromatic rings. The van der Waals surface area contributed by atoms with Crippen LogP contribution in [0.15, 0.2) is 24.3 Å². The lowest BCUT2D eigenvalue weighted by Crippen LogP contribution is -2.48. The number of carbonyl (C=O) groups is 1. The van der Waals surface area contributed by atoms with Gasteiger partial charge in [0.15, 0.2) is 5.79 Å². The Kier molecular flexibility index (Phi) is 4.42. The first kappa shape index (κ1) is 15.4. The second-order valence-electron chi connectivity index (χ2n) is 5.62. The van der Waals surface area contributed by atoms with E-state index in [1.165, 1.54) is 19.2 Å². The number of nitrogens with zero attached hydrogens (tertiary/aromatic N) is 1. The second kappa shape index (κ2) is 6.32. The predicted molar refractivity (Wildman–Crippen MR) is 76.6 cm³/mol. The summed E-state index contributed by atoms with van der Waals surface area (Å²) < 4.78 is 29.4. The maximum Gasteiger partial charge on any atom is 0.327 e. The highest BCUT2D eigenvalue weighted by Crippen LogP contribution is 2.35. The van der Waals surface area contributed by atoms with Gasteiger partial charge in [0.25, 0.3) is 0 Å². The minimum absolute atomic E-state index is 0.322. The second-order valence-corrected chi connectivity index (χ2v) is 5.62. The zero-order valence-corrected chi connectivity index (χ0v) is 12.6. The largest absolute Gasteiger partial charge is 0.468 e. The maximum absolute atomic E-state index is 13.1. The van der Waals surface area contributed by atoms with E-state index in [4.69, 9.17) is 14.2 Å². The van der Waals surface area contributed by atoms with Crippen molar-refractivity contribution in [3.05, 3.63) is 35.6 Å². The molecule has 1 spiro atoms. The molecule has 2 saturated heterocycles. The molecule has 0 radical (unpaired) electrons. The van der Waals surface area contributed by atoms with Gasteiger partial charge in [0, 0.05) is 25.9 Å². The highest BCUT2D eigenvalue weighted by molar-refractivity contribution is 5.77. The van der Waals surface area contributed by atoms with E-state index in [0.717, 1.165) is 5.56 Å². The first-order valence-electron chi connectivity index (χ1n) is 7.49. The summed E-state index contributed by atoms with van der Waals surface area (Å²) >= 11 is 0. The smallest absolute Gasteiger partial charge is 0.327 e. The van der Waals surface area contributed by atoms with E-state index >= 15 is 0 Å². The number of halogens is 1. The molecular formula is C16H20FNO4. The van der Waals surface area contributed by atoms with Crippen molar-refractivity contribution in [3.63, 3.8) is 0 Å². The molecule has 120 valence electrons. The van der Waals surface area contributed by atoms with E-state index < -0.39 is 11.8 Å². The summed E-state index contributed by atoms with van der Waals surface area (Å²) in [6, 6.07) is 5.46. The Morgan fingerprint density at radius 1 is 1.23 bits per heavy atom. The summed E-state index contributed by atoms with van der Waals surface area (Å²) in [6.07, 6.45) is 1.42. The maximum atomic E-state index is 13.1. The Labute approximate surface area is 128 Å². The minimum Gasteiger partial charge on any atom is -0.468 e. The summed E-state index contributed by atoms with van der Waals surface area (Å²) in [5.74, 6) is -1.14. The topological polar surface area (TPSA) is 48.0 Å². The summed E-state index contributed by atoms with van der Waals surface area (Å²) in [5, 5.41) is 0. The van der Waals surface area contributed by atoms with E-state index in [-0.39, 0.29) is 11.8 Å². The van der Waals surface area contributed by atoms with Gasteiger partial charge in [-0.05, 0) is 17.7 Å². The molecule has 2 aliphatic heterocycles. The Hall–Kier alpha value is -1.50. The molecule has 2 heterocycles. The number of piperidine rings is 1. The third-order valence-electron chi connectivity index (χ3n) is 4.35. The van der Waals surface area contributed by atoms with Gasteiger partial charge in [-0.15, -0.1) is 0 Å². The Balaban J connectivity index is 1.76. The highest BCUT2D eigenvalue weighted by Gasteiger charge is 2.42. The number of rotatable bonds is 3. The van der Waals surface area contributed by atoms with Gasteiger partial charge in [-0.2, -0.15) is 0 Å². The third-order valence-corrected chi connectivity index (χ3v) is 4.35. The first-order valence-corrected chi connectivity index (χ1v) is 7.49. The van der Waals surface area contributed by atoms with Crippen LogP contribution in [0.25, 0.3) is 0 Å². The number of hydrogen-bond donors (Lipinski definition) is 0. The SMILES string of the molecule is COC(=O)[C@H](c1ccc(F)cc1)N1CCC2(CC1)OCCO2. The van der Waals surface area contributed by atoms with E-state index in [1.54, 1.807) is 12.1 Å². The normalized spacial score (nSPS) is 22.6. The average Bonchev–Trinajstić information content (AvgIpc) is 2.99. The lowest BCUT2D eigenvalue weighted by Gasteiger charge is -2.40. The molecule has 5 nitrogen and oxygen atoms in total. The van der Waals surface area contributed by atoms with E-state index in [2.05, 4.69) is 0 Å². The third kappa shape index (κ3) is 2.99. The molecule has 0 aromatic heterocycles. The number of carbonyl (C=O) groups excluding carboxylic acids is 1. The Bertz CT molecular complexity index is 517. The number of hydrogen-bond acceptors (Lipinski definition) is 5. The molecule has 0 saturated carbocycles. The fourth-order valence-electron chi connectivity index (χ4n) is 3.16. The fraction of sp³-hybridized carbons (Fsp3) is 0.562. The fourth-order valence-corrected chi connectivity index (χ4v) is 3.16. The minimum atomic E-state index is -0.524. The van der Waals surface area contributed by atoms with Gasteiger partial charge < -0.3 is 14.2 Å². The van der Waals surface area contributed by atoms with Crippen LogP contribution in [0.5, 0.6) is 0 Å². The average molecular weight is 309 g/mol. The van der Waals surface area contributed by atoms with Gasteiger partial charge in [0.1, 0.15) is 11.9 Å². The number of ether oxygens (including phenoxy) is 3. The van der Waals surface area contributed by atoms with E-state index in [0.29, 0.717) is 39.1 Å². The summed E-state index contributed by atoms with van der Waals surface area (Å²) in [5.41, 5.74) is 0.734. The number of methoxy groups -OCH3 is 1. The summed E-state index contributed by atoms with van der Waals surface area (Å²) in [6.45, 7) is 2.57. The molecule has 6 heteroatoms. The molecule has 0 N–H and O–H groups in total. The van der Waals surface area contributed by atoms with Crippen LogP contribution in [0.3, 0.4) is 0 Å². The van der Waals surface area contributed by atoms with Crippen LogP contribution in [0.1, 0.15) is 24.4 Å². The Morgan fingerprint density at radius 2 is 1.82 bits per heavy atom. The van der Waals surface area contributed by atoms with Crippen LogP contribution in [0.4, 0.5) is 4.39 Å². The van der Waals surface area contributed by atoms with Crippen molar-refractivity contribution < 1.29 is 23.4 Å². The van der Waals surface area contributed by atoms with Crippen molar-refractivity contribution in [2.45, 2.75) is 24.7 Å². The van der Waals surface area contributed by atoms with Crippen LogP contribution in [0.2, 0.25) is 0 Å². The van der Waals surface area contributed by atoms with Crippen LogP contribution in [-0.4, -0.2) is 50.1 Å². The molecule has 0 aliphatic carbocycles. The zero-order valence-electron chi connectivity index (χ0n) is 12.6. The molecule has 2 fully saturated rings. The summed E-state index contributed by atoms with van der Waals surface area (Å²) in [7, 11) is 1.37. The number of benzene rings is 1. The molecule has 22 heavy (non-hydrogen) atoms. The van der Waals surface area contributed by atoms with Gasteiger partial charge in [-0.1, -0.05) is 12.1 Å². The van der Waals surface area contributed by atoms with Gasteiger partial charge >= 0.3 is 5.97 Å². The molecular weight excluding hydrogens is 289 g/mol. The monoisotopic (exact) mass is 309 g/mol. The Morgan fingerprint density at radius 3 is 2.36 bits per heavy atom. The molecule has 0 bridgehead atoms. The molecule has 1 atom stereocenters. The van der Waals surface area contributed by atoms with E-state index in [9.17, 15) is 9.18 Å². The van der Waals surface area contributed by atoms with Crippen LogP contribution >= 0.6 is 0 Å². The molecule has 0 amide bonds. The van der Waals surface area contributed by atoms with Gasteiger partial charge in [0.05, 0.1) is 20.3 Å². The lowest BCUT2D eigenvalue weighted by atomic mass is 9.98. The van der Waals surface area contributed by atoms with Crippen molar-refractivity contribution in [2.75, 3.05) is 33.4 Å². The number of esters is 1. The van der Waals surface area contributed by atoms with Crippen LogP contribution < -0.4 is 0 Å². The van der Waals surface area contributed by atoms with E-state index in [1.807, 2.05) is 4.90 Å². The molecule has 1 aromatic carbocycles. The van der Waals surface area contributed by atoms with Crippen molar-refractivity contribution in [2.24, 2.45) is 0 Å². The molecule has 3 rings (SSSR count). The van der Waals surface area contributed by atoms with Crippen molar-refractivity contribution in [1.82, 2.24) is 4.90 Å². The first-order chi connectivity index (χ1) is 10.6. The molecule has 2 aliphatic rings.